The molecule has 0 spiro atoms. The van der Waals surface area contributed by atoms with E-state index in [1.165, 1.54) is 58.5 Å². The molecule has 8 aliphatic carbocycles. The maximum absolute atomic E-state index is 12.1. The number of ether oxygens (including phenoxy) is 2. The Kier molecular flexibility index (Phi) is 15.3. The molecular formula is C56H78N4O6. The fourth-order valence-corrected chi connectivity index (χ4v) is 12.5. The van der Waals surface area contributed by atoms with E-state index in [4.69, 9.17) is 14.5 Å². The third-order valence-electron chi connectivity index (χ3n) is 17.7. The van der Waals surface area contributed by atoms with Crippen molar-refractivity contribution in [3.8, 4) is 11.5 Å². The third kappa shape index (κ3) is 11.2. The second-order valence-electron chi connectivity index (χ2n) is 21.7. The molecule has 4 N–H and O–H groups in total. The first-order valence-corrected chi connectivity index (χ1v) is 25.8. The summed E-state index contributed by atoms with van der Waals surface area (Å²) in [7, 11) is 1.50. The van der Waals surface area contributed by atoms with E-state index in [2.05, 4.69) is 66.7 Å². The summed E-state index contributed by atoms with van der Waals surface area (Å²) in [5, 5.41) is 28.7. The second kappa shape index (κ2) is 20.9. The Balaban J connectivity index is 0.000000154. The summed E-state index contributed by atoms with van der Waals surface area (Å²) in [6, 6.07) is 19.8. The van der Waals surface area contributed by atoms with E-state index in [-0.39, 0.29) is 28.2 Å². The Hall–Kier alpha value is -4.28. The molecule has 2 heterocycles. The molecule has 10 nitrogen and oxygen atoms in total. The van der Waals surface area contributed by atoms with Crippen LogP contribution in [0.1, 0.15) is 173 Å². The Morgan fingerprint density at radius 3 is 1.58 bits per heavy atom. The molecular weight excluding hydrogens is 825 g/mol. The minimum Gasteiger partial charge on any atom is -0.508 e. The molecule has 0 unspecified atom stereocenters. The standard InChI is InChI=1S/C27H36N2O3.C20H24N2O3.C9H18/c1-2-19-3-7-22(8-4-19)32-23-9-10-24-20(17-23)5-6-21(29-24)18-28-27-14-11-26(12-15-27,13-16-27)25(30)31;1-25-18(24)19-6-9-20(10-7-19,11-8-19)21-13-15-3-2-14-12-16(23)4-5-17(14)22-15;1-3-9-6-4-8(2)5-7-9/h5-6,9-10,17,19,22,28H,2-4,7-8,11-16,18H2,1H3,(H,30,31);2-5,12,21,23H,6-11,13H2,1H3;8-9H,3-7H2,1-2H3. The number of nitrogens with zero attached hydrogens (tertiary/aromatic N) is 2. The fraction of sp³-hybridized carbons (Fsp3) is 0.643. The van der Waals surface area contributed by atoms with Gasteiger partial charge in [0.05, 0.1) is 46.5 Å². The molecule has 8 saturated carbocycles. The van der Waals surface area contributed by atoms with Crippen LogP contribution in [0.15, 0.2) is 60.7 Å². The van der Waals surface area contributed by atoms with Crippen molar-refractivity contribution < 1.29 is 29.3 Å². The van der Waals surface area contributed by atoms with Crippen LogP contribution in [0.4, 0.5) is 0 Å². The number of carbonyl (C=O) groups excluding carboxylic acids is 1. The Bertz CT molecular complexity index is 2230. The summed E-state index contributed by atoms with van der Waals surface area (Å²) < 4.78 is 11.3. The minimum atomic E-state index is -0.598. The first-order chi connectivity index (χ1) is 31.9. The highest BCUT2D eigenvalue weighted by molar-refractivity contribution is 5.81. The van der Waals surface area contributed by atoms with Gasteiger partial charge in [-0.3, -0.25) is 19.6 Å². The number of benzene rings is 2. The SMILES string of the molecule is CCC1CCC(C)CC1.CCC1CCC(Oc2ccc3nc(CNC45CCC(C(=O)O)(CC4)CC5)ccc3c2)CC1.COC(=O)C12CCC(NCc3ccc4cc(O)ccc4n3)(CC1)CC2. The fourth-order valence-electron chi connectivity index (χ4n) is 12.5. The van der Waals surface area contributed by atoms with E-state index in [1.807, 2.05) is 18.2 Å². The van der Waals surface area contributed by atoms with Gasteiger partial charge in [0, 0.05) is 34.9 Å². The minimum absolute atomic E-state index is 0.0275. The molecule has 0 radical (unpaired) electrons. The summed E-state index contributed by atoms with van der Waals surface area (Å²) in [6.45, 7) is 8.45. The van der Waals surface area contributed by atoms with Gasteiger partial charge in [-0.25, -0.2) is 0 Å². The van der Waals surface area contributed by atoms with Crippen molar-refractivity contribution in [1.29, 1.82) is 0 Å². The van der Waals surface area contributed by atoms with Crippen molar-refractivity contribution >= 4 is 33.7 Å². The van der Waals surface area contributed by atoms with E-state index in [1.54, 1.807) is 12.1 Å². The predicted octanol–water partition coefficient (Wildman–Crippen LogP) is 12.4. The van der Waals surface area contributed by atoms with Crippen molar-refractivity contribution in [1.82, 2.24) is 20.6 Å². The number of fused-ring (bicyclic) bond motifs is 8. The number of rotatable bonds is 12. The van der Waals surface area contributed by atoms with Crippen molar-refractivity contribution in [2.75, 3.05) is 7.11 Å². The maximum atomic E-state index is 12.1. The Labute approximate surface area is 393 Å². The molecule has 0 atom stereocenters. The molecule has 358 valence electrons. The number of phenolic OH excluding ortho intramolecular Hbond substituents is 1. The van der Waals surface area contributed by atoms with Crippen LogP contribution < -0.4 is 15.4 Å². The second-order valence-corrected chi connectivity index (χ2v) is 21.7. The van der Waals surface area contributed by atoms with Crippen LogP contribution in [0, 0.1) is 28.6 Å². The average molecular weight is 903 g/mol. The number of pyridine rings is 2. The van der Waals surface area contributed by atoms with Crippen LogP contribution in [0.3, 0.4) is 0 Å². The molecule has 12 rings (SSSR count). The lowest BCUT2D eigenvalue weighted by Gasteiger charge is -2.52. The van der Waals surface area contributed by atoms with Crippen LogP contribution in [0.25, 0.3) is 21.8 Å². The number of methoxy groups -OCH3 is 1. The van der Waals surface area contributed by atoms with E-state index in [0.717, 1.165) is 160 Å². The van der Waals surface area contributed by atoms with Gasteiger partial charge in [-0.15, -0.1) is 0 Å². The third-order valence-corrected chi connectivity index (χ3v) is 17.7. The summed E-state index contributed by atoms with van der Waals surface area (Å²) in [6.07, 6.45) is 24.9. The summed E-state index contributed by atoms with van der Waals surface area (Å²) >= 11 is 0. The zero-order chi connectivity index (χ0) is 46.4. The van der Waals surface area contributed by atoms with Gasteiger partial charge in [-0.05, 0) is 169 Å². The summed E-state index contributed by atoms with van der Waals surface area (Å²) in [5.74, 6) is 3.56. The lowest BCUT2D eigenvalue weighted by Crippen LogP contribution is -2.56. The van der Waals surface area contributed by atoms with Gasteiger partial charge < -0.3 is 30.3 Å². The maximum Gasteiger partial charge on any atom is 0.311 e. The number of aliphatic carboxylic acids is 1. The Morgan fingerprint density at radius 2 is 1.09 bits per heavy atom. The number of nitrogens with one attached hydrogen (secondary N) is 2. The van der Waals surface area contributed by atoms with Crippen LogP contribution in [0.5, 0.6) is 11.5 Å². The van der Waals surface area contributed by atoms with Gasteiger partial charge in [-0.2, -0.15) is 0 Å². The molecule has 2 aromatic carbocycles. The molecule has 0 saturated heterocycles. The van der Waals surface area contributed by atoms with E-state index in [9.17, 15) is 19.8 Å². The number of phenols is 1. The van der Waals surface area contributed by atoms with Crippen molar-refractivity contribution in [2.45, 2.75) is 192 Å². The van der Waals surface area contributed by atoms with Gasteiger partial charge in [0.1, 0.15) is 11.5 Å². The summed E-state index contributed by atoms with van der Waals surface area (Å²) in [4.78, 5) is 33.3. The zero-order valence-electron chi connectivity index (χ0n) is 40.5. The number of hydrogen-bond acceptors (Lipinski definition) is 9. The molecule has 8 fully saturated rings. The lowest BCUT2D eigenvalue weighted by atomic mass is 9.57. The van der Waals surface area contributed by atoms with Crippen molar-refractivity contribution in [3.05, 3.63) is 72.1 Å². The monoisotopic (exact) mass is 903 g/mol. The van der Waals surface area contributed by atoms with Crippen LogP contribution in [-0.2, 0) is 27.4 Å². The van der Waals surface area contributed by atoms with E-state index >= 15 is 0 Å². The smallest absolute Gasteiger partial charge is 0.311 e. The molecule has 66 heavy (non-hydrogen) atoms. The normalized spacial score (nSPS) is 31.3. The van der Waals surface area contributed by atoms with Crippen LogP contribution in [0.2, 0.25) is 0 Å². The average Bonchev–Trinajstić information content (AvgIpc) is 3.37. The van der Waals surface area contributed by atoms with Crippen molar-refractivity contribution in [2.24, 2.45) is 28.6 Å². The molecule has 0 aliphatic heterocycles. The molecule has 8 aliphatic rings. The number of carbonyl (C=O) groups is 2. The topological polar surface area (TPSA) is 143 Å². The lowest BCUT2D eigenvalue weighted by molar-refractivity contribution is -0.160. The van der Waals surface area contributed by atoms with Gasteiger partial charge >= 0.3 is 11.9 Å². The molecule has 4 bridgehead atoms. The van der Waals surface area contributed by atoms with E-state index < -0.39 is 11.4 Å². The number of aromatic nitrogens is 2. The van der Waals surface area contributed by atoms with Gasteiger partial charge in [0.25, 0.3) is 0 Å². The number of carboxylic acids is 1. The highest BCUT2D eigenvalue weighted by Gasteiger charge is 2.53. The number of aromatic hydroxyl groups is 1. The number of esters is 1. The highest BCUT2D eigenvalue weighted by atomic mass is 16.5. The van der Waals surface area contributed by atoms with Crippen LogP contribution >= 0.6 is 0 Å². The molecule has 4 aromatic rings. The molecule has 0 amide bonds. The van der Waals surface area contributed by atoms with Gasteiger partial charge in [0.15, 0.2) is 0 Å². The molecule has 2 aromatic heterocycles. The Morgan fingerprint density at radius 1 is 0.621 bits per heavy atom. The summed E-state index contributed by atoms with van der Waals surface area (Å²) in [5.41, 5.74) is 3.46. The zero-order valence-corrected chi connectivity index (χ0v) is 40.5. The highest BCUT2D eigenvalue weighted by Crippen LogP contribution is 2.54. The first-order valence-electron chi connectivity index (χ1n) is 25.8. The van der Waals surface area contributed by atoms with Gasteiger partial charge in [0.2, 0.25) is 0 Å². The number of hydrogen-bond donors (Lipinski definition) is 4. The predicted molar refractivity (Wildman–Crippen MR) is 262 cm³/mol. The largest absolute Gasteiger partial charge is 0.508 e. The van der Waals surface area contributed by atoms with Crippen LogP contribution in [-0.4, -0.2) is 56.4 Å². The van der Waals surface area contributed by atoms with Crippen molar-refractivity contribution in [3.63, 3.8) is 0 Å². The van der Waals surface area contributed by atoms with E-state index in [0.29, 0.717) is 6.10 Å². The quantitative estimate of drug-likeness (QED) is 0.101. The first kappa shape index (κ1) is 48.2. The molecule has 10 heteroatoms. The number of carboxylic acid groups (broad SMARTS) is 1. The van der Waals surface area contributed by atoms with Gasteiger partial charge in [-0.1, -0.05) is 71.4 Å².